The van der Waals surface area contributed by atoms with Gasteiger partial charge in [0.25, 0.3) is 0 Å². The minimum absolute atomic E-state index is 0.465. The van der Waals surface area contributed by atoms with Crippen LogP contribution in [0.4, 0.5) is 0 Å². The first-order valence-corrected chi connectivity index (χ1v) is 15.5. The van der Waals surface area contributed by atoms with Crippen molar-refractivity contribution in [3.8, 4) is 23.0 Å². The summed E-state index contributed by atoms with van der Waals surface area (Å²) >= 11 is 0. The molecule has 0 radical (unpaired) electrons. The van der Waals surface area contributed by atoms with Gasteiger partial charge in [-0.2, -0.15) is 0 Å². The molecule has 0 amide bonds. The van der Waals surface area contributed by atoms with Gasteiger partial charge >= 0.3 is 0 Å². The third-order valence-corrected chi connectivity index (χ3v) is 9.91. The Balaban J connectivity index is 1.30. The van der Waals surface area contributed by atoms with Gasteiger partial charge in [0.05, 0.1) is 54.9 Å². The van der Waals surface area contributed by atoms with Gasteiger partial charge in [-0.1, -0.05) is 72.8 Å². The number of fused-ring (bicyclic) bond motifs is 2. The van der Waals surface area contributed by atoms with Crippen molar-refractivity contribution in [1.29, 1.82) is 0 Å². The molecule has 0 atom stereocenters. The summed E-state index contributed by atoms with van der Waals surface area (Å²) in [5, 5.41) is 13.3. The molecule has 1 heterocycles. The zero-order chi connectivity index (χ0) is 31.1. The maximum Gasteiger partial charge on any atom is 0.169 e. The lowest BCUT2D eigenvalue weighted by atomic mass is 9.88. The van der Waals surface area contributed by atoms with Crippen molar-refractivity contribution in [2.24, 2.45) is 0 Å². The molecule has 0 unspecified atom stereocenters. The van der Waals surface area contributed by atoms with Gasteiger partial charge in [0.1, 0.15) is 0 Å². The molecule has 6 nitrogen and oxygen atoms in total. The van der Waals surface area contributed by atoms with Crippen molar-refractivity contribution in [3.05, 3.63) is 95.1 Å². The summed E-state index contributed by atoms with van der Waals surface area (Å²) in [6.45, 7) is 1.86. The molecule has 0 aliphatic carbocycles. The molecule has 1 aliphatic rings. The van der Waals surface area contributed by atoms with Crippen LogP contribution >= 0.6 is 0 Å². The van der Waals surface area contributed by atoms with E-state index < -0.39 is 0 Å². The smallest absolute Gasteiger partial charge is 0.169 e. The van der Waals surface area contributed by atoms with Crippen LogP contribution in [0.15, 0.2) is 72.8 Å². The number of methoxy groups -OCH3 is 4. The third-order valence-electron chi connectivity index (χ3n) is 9.91. The van der Waals surface area contributed by atoms with Crippen LogP contribution < -0.4 is 18.9 Å². The van der Waals surface area contributed by atoms with Crippen LogP contribution in [0.1, 0.15) is 22.3 Å². The van der Waals surface area contributed by atoms with Gasteiger partial charge in [0, 0.05) is 43.1 Å². The van der Waals surface area contributed by atoms with Crippen LogP contribution in [0.5, 0.6) is 23.0 Å². The largest absolute Gasteiger partial charge is 0.492 e. The molecule has 46 heavy (non-hydrogen) atoms. The number of hydrogen-bond donors (Lipinski definition) is 0. The van der Waals surface area contributed by atoms with Crippen LogP contribution in [0.25, 0.3) is 64.6 Å². The van der Waals surface area contributed by atoms with Crippen molar-refractivity contribution in [2.45, 2.75) is 26.4 Å². The highest BCUT2D eigenvalue weighted by atomic mass is 16.5. The van der Waals surface area contributed by atoms with E-state index in [1.165, 1.54) is 0 Å². The fourth-order valence-corrected chi connectivity index (χ4v) is 7.92. The minimum Gasteiger partial charge on any atom is -0.492 e. The van der Waals surface area contributed by atoms with Gasteiger partial charge in [-0.05, 0) is 43.8 Å². The van der Waals surface area contributed by atoms with E-state index in [9.17, 15) is 0 Å². The molecule has 1 aliphatic heterocycles. The van der Waals surface area contributed by atoms with Crippen LogP contribution in [0, 0.1) is 0 Å². The molecule has 4 bridgehead atoms. The second-order valence-electron chi connectivity index (χ2n) is 12.0. The summed E-state index contributed by atoms with van der Waals surface area (Å²) in [5.74, 6) is 2.97. The standard InChI is InChI=1S/C40H32O6/c1-41-37-29-9-5-21-17-45-19-23-7-11-31-35-27(23)15-16-28-24(8-12-32(36(28)35)40(44-4)39(31)43-3)20-46-18-22-6-10-30(38(37)42-2)34-26(22)14-13-25(21)33(29)34/h5-16H,17-20H2,1-4H3. The Morgan fingerprint density at radius 2 is 0.543 bits per heavy atom. The Hall–Kier alpha value is -5.04. The summed E-state index contributed by atoms with van der Waals surface area (Å²) in [7, 11) is 6.82. The Labute approximate surface area is 265 Å². The lowest BCUT2D eigenvalue weighted by Crippen LogP contribution is -2.02. The Morgan fingerprint density at radius 3 is 0.761 bits per heavy atom. The highest BCUT2D eigenvalue weighted by molar-refractivity contribution is 6.28. The van der Waals surface area contributed by atoms with Crippen molar-refractivity contribution < 1.29 is 28.4 Å². The van der Waals surface area contributed by atoms with Crippen LogP contribution in [-0.4, -0.2) is 28.4 Å². The number of rotatable bonds is 4. The van der Waals surface area contributed by atoms with Gasteiger partial charge in [-0.3, -0.25) is 0 Å². The zero-order valence-corrected chi connectivity index (χ0v) is 26.2. The number of ether oxygens (including phenoxy) is 6. The molecular formula is C40H32O6. The first-order chi connectivity index (χ1) is 22.7. The van der Waals surface area contributed by atoms with E-state index in [0.717, 1.165) is 110 Å². The quantitative estimate of drug-likeness (QED) is 0.186. The normalized spacial score (nSPS) is 14.0. The zero-order valence-electron chi connectivity index (χ0n) is 26.2. The molecule has 0 fully saturated rings. The Kier molecular flexibility index (Phi) is 6.07. The number of benzene rings is 8. The maximum atomic E-state index is 6.54. The molecule has 228 valence electrons. The molecular weight excluding hydrogens is 576 g/mol. The highest BCUT2D eigenvalue weighted by Crippen LogP contribution is 2.50. The van der Waals surface area contributed by atoms with Gasteiger partial charge in [-0.15, -0.1) is 0 Å². The van der Waals surface area contributed by atoms with E-state index >= 15 is 0 Å². The lowest BCUT2D eigenvalue weighted by molar-refractivity contribution is 0.108. The van der Waals surface area contributed by atoms with Gasteiger partial charge in [0.2, 0.25) is 0 Å². The van der Waals surface area contributed by atoms with E-state index in [4.69, 9.17) is 28.4 Å². The predicted molar refractivity (Wildman–Crippen MR) is 183 cm³/mol. The monoisotopic (exact) mass is 608 g/mol. The molecule has 0 saturated heterocycles. The highest BCUT2D eigenvalue weighted by Gasteiger charge is 2.24. The fourth-order valence-electron chi connectivity index (χ4n) is 7.92. The molecule has 0 spiro atoms. The molecule has 0 aromatic heterocycles. The van der Waals surface area contributed by atoms with E-state index in [2.05, 4.69) is 72.8 Å². The van der Waals surface area contributed by atoms with Crippen LogP contribution in [-0.2, 0) is 35.9 Å². The van der Waals surface area contributed by atoms with E-state index in [1.54, 1.807) is 28.4 Å². The van der Waals surface area contributed by atoms with Crippen molar-refractivity contribution in [3.63, 3.8) is 0 Å². The van der Waals surface area contributed by atoms with Gasteiger partial charge in [0.15, 0.2) is 23.0 Å². The van der Waals surface area contributed by atoms with Crippen LogP contribution in [0.2, 0.25) is 0 Å². The summed E-state index contributed by atoms with van der Waals surface area (Å²) < 4.78 is 36.9. The fraction of sp³-hybridized carbons (Fsp3) is 0.200. The van der Waals surface area contributed by atoms with E-state index in [1.807, 2.05) is 0 Å². The SMILES string of the molecule is COc1c(OC)c2ccc3c4ccc5c(ccc1c5c42)COCc1ccc2c(OC)c(OC)c4ccc(c5ccc1c2c54)COC3. The lowest BCUT2D eigenvalue weighted by Gasteiger charge is -2.22. The second kappa shape index (κ2) is 10.2. The maximum absolute atomic E-state index is 6.54. The third kappa shape index (κ3) is 3.60. The molecule has 6 heteroatoms. The van der Waals surface area contributed by atoms with Gasteiger partial charge < -0.3 is 28.4 Å². The van der Waals surface area contributed by atoms with Gasteiger partial charge in [-0.25, -0.2) is 0 Å². The Morgan fingerprint density at radius 1 is 0.326 bits per heavy atom. The van der Waals surface area contributed by atoms with Crippen molar-refractivity contribution >= 4 is 64.6 Å². The molecule has 0 saturated carbocycles. The summed E-state index contributed by atoms with van der Waals surface area (Å²) in [5.41, 5.74) is 4.50. The summed E-state index contributed by atoms with van der Waals surface area (Å²) in [4.78, 5) is 0. The molecule has 9 rings (SSSR count). The first-order valence-electron chi connectivity index (χ1n) is 15.5. The predicted octanol–water partition coefficient (Wildman–Crippen LogP) is 9.26. The average molecular weight is 609 g/mol. The minimum atomic E-state index is 0.465. The summed E-state index contributed by atoms with van der Waals surface area (Å²) in [6.07, 6.45) is 0. The van der Waals surface area contributed by atoms with Crippen molar-refractivity contribution in [2.75, 3.05) is 28.4 Å². The number of hydrogen-bond acceptors (Lipinski definition) is 6. The average Bonchev–Trinajstić information content (AvgIpc) is 3.09. The first kappa shape index (κ1) is 27.3. The molecule has 0 N–H and O–H groups in total. The molecule has 8 aromatic rings. The topological polar surface area (TPSA) is 55.4 Å². The van der Waals surface area contributed by atoms with E-state index in [0.29, 0.717) is 26.4 Å². The van der Waals surface area contributed by atoms with Crippen molar-refractivity contribution in [1.82, 2.24) is 0 Å². The van der Waals surface area contributed by atoms with Crippen LogP contribution in [0.3, 0.4) is 0 Å². The Bertz CT molecular complexity index is 2130. The second-order valence-corrected chi connectivity index (χ2v) is 12.0. The summed E-state index contributed by atoms with van der Waals surface area (Å²) in [6, 6.07) is 26.0. The van der Waals surface area contributed by atoms with E-state index in [-0.39, 0.29) is 0 Å². The molecule has 8 aromatic carbocycles.